The Balaban J connectivity index is 1.07. The Labute approximate surface area is 356 Å². The molecule has 4 aromatic heterocycles. The molecule has 0 radical (unpaired) electrons. The van der Waals surface area contributed by atoms with Crippen LogP contribution in [-0.4, -0.2) is 39.0 Å². The minimum absolute atomic E-state index is 0.555. The van der Waals surface area contributed by atoms with Crippen molar-refractivity contribution in [2.75, 3.05) is 0 Å². The van der Waals surface area contributed by atoms with E-state index in [1.807, 2.05) is 121 Å². The smallest absolute Gasteiger partial charge is 0.238 e. The van der Waals surface area contributed by atoms with Crippen LogP contribution in [0.25, 0.3) is 112 Å². The Morgan fingerprint density at radius 1 is 0.258 bits per heavy atom. The van der Waals surface area contributed by atoms with Crippen molar-refractivity contribution in [2.24, 2.45) is 0 Å². The van der Waals surface area contributed by atoms with Gasteiger partial charge in [0.15, 0.2) is 29.1 Å². The molecule has 290 valence electrons. The molecule has 0 bridgehead atoms. The molecule has 0 N–H and O–H groups in total. The summed E-state index contributed by atoms with van der Waals surface area (Å²) in [5.41, 5.74) is 9.82. The van der Waals surface area contributed by atoms with Crippen LogP contribution in [0.5, 0.6) is 0 Å². The average molecular weight is 795 g/mol. The van der Waals surface area contributed by atoms with Crippen LogP contribution >= 0.6 is 0 Å². The van der Waals surface area contributed by atoms with Gasteiger partial charge in [-0.15, -0.1) is 0 Å². The van der Waals surface area contributed by atoms with Gasteiger partial charge in [0, 0.05) is 55.0 Å². The SMILES string of the molecule is c1ccc(-c2nc(-c3ccccc3)nc(-c3ccc(-n4c5ccccc5c5c4ccc4c6ccccc6n(-c6nc(-c7ccccc7)nc(-c7ccccc7)n6)c45)cc3)n2)cc1. The fraction of sp³-hybridized carbons (Fsp3) is 0. The van der Waals surface area contributed by atoms with E-state index in [4.69, 9.17) is 29.9 Å². The van der Waals surface area contributed by atoms with Gasteiger partial charge < -0.3 is 4.57 Å². The lowest BCUT2D eigenvalue weighted by Gasteiger charge is -2.12. The third kappa shape index (κ3) is 5.92. The predicted octanol–water partition coefficient (Wildman–Crippen LogP) is 12.6. The van der Waals surface area contributed by atoms with Crippen LogP contribution in [-0.2, 0) is 0 Å². The van der Waals surface area contributed by atoms with Gasteiger partial charge >= 0.3 is 0 Å². The van der Waals surface area contributed by atoms with Gasteiger partial charge in [0.25, 0.3) is 0 Å². The summed E-state index contributed by atoms with van der Waals surface area (Å²) in [4.78, 5) is 30.3. The molecular weight excluding hydrogens is 761 g/mol. The first-order valence-corrected chi connectivity index (χ1v) is 20.6. The van der Waals surface area contributed by atoms with E-state index < -0.39 is 0 Å². The Bertz CT molecular complexity index is 3490. The molecule has 0 aliphatic heterocycles. The summed E-state index contributed by atoms with van der Waals surface area (Å²) in [6.45, 7) is 0. The van der Waals surface area contributed by atoms with Crippen molar-refractivity contribution in [1.29, 1.82) is 0 Å². The van der Waals surface area contributed by atoms with Crippen molar-refractivity contribution in [1.82, 2.24) is 39.0 Å². The van der Waals surface area contributed by atoms with Gasteiger partial charge in [-0.1, -0.05) is 164 Å². The van der Waals surface area contributed by atoms with Gasteiger partial charge in [-0.25, -0.2) is 19.9 Å². The maximum absolute atomic E-state index is 5.23. The van der Waals surface area contributed by atoms with Gasteiger partial charge in [-0.05, 0) is 42.5 Å². The van der Waals surface area contributed by atoms with Crippen LogP contribution in [0.2, 0.25) is 0 Å². The van der Waals surface area contributed by atoms with Crippen LogP contribution in [0, 0.1) is 0 Å². The maximum atomic E-state index is 5.23. The zero-order valence-corrected chi connectivity index (χ0v) is 33.2. The minimum atomic E-state index is 0.555. The van der Waals surface area contributed by atoms with Crippen LogP contribution in [0.15, 0.2) is 206 Å². The van der Waals surface area contributed by atoms with Crippen molar-refractivity contribution in [2.45, 2.75) is 0 Å². The first-order chi connectivity index (χ1) is 30.7. The molecular formula is C54H34N8. The molecule has 0 aliphatic carbocycles. The zero-order chi connectivity index (χ0) is 41.0. The lowest BCUT2D eigenvalue weighted by Crippen LogP contribution is -2.06. The number of aromatic nitrogens is 8. The molecule has 4 heterocycles. The average Bonchev–Trinajstić information content (AvgIpc) is 3.88. The second-order valence-corrected chi connectivity index (χ2v) is 15.2. The highest BCUT2D eigenvalue weighted by Crippen LogP contribution is 2.42. The Kier molecular flexibility index (Phi) is 8.31. The molecule has 0 aliphatic rings. The quantitative estimate of drug-likeness (QED) is 0.160. The fourth-order valence-corrected chi connectivity index (χ4v) is 8.59. The second-order valence-electron chi connectivity index (χ2n) is 15.2. The number of benzene rings is 8. The molecule has 0 spiro atoms. The molecule has 8 aromatic carbocycles. The van der Waals surface area contributed by atoms with Crippen LogP contribution < -0.4 is 0 Å². The summed E-state index contributed by atoms with van der Waals surface area (Å²) < 4.78 is 4.56. The largest absolute Gasteiger partial charge is 0.309 e. The van der Waals surface area contributed by atoms with Crippen molar-refractivity contribution < 1.29 is 0 Å². The standard InChI is InChI=1S/C54H34N8/c1-5-17-35(18-6-1)49-55-50(36-19-7-2-8-20-36)57-51(56-49)39-29-31-40(32-30-39)61-45-28-16-14-26-43(45)47-46(61)34-33-42-41-25-13-15-27-44(41)62(48(42)47)54-59-52(37-21-9-3-10-22-37)58-53(60-54)38-23-11-4-12-24-38/h1-34H. The minimum Gasteiger partial charge on any atom is -0.309 e. The van der Waals surface area contributed by atoms with Crippen molar-refractivity contribution in [3.05, 3.63) is 206 Å². The number of hydrogen-bond acceptors (Lipinski definition) is 6. The molecule has 62 heavy (non-hydrogen) atoms. The molecule has 8 nitrogen and oxygen atoms in total. The molecule has 0 unspecified atom stereocenters. The van der Waals surface area contributed by atoms with Gasteiger partial charge in [-0.2, -0.15) is 9.97 Å². The maximum Gasteiger partial charge on any atom is 0.238 e. The van der Waals surface area contributed by atoms with Crippen molar-refractivity contribution >= 4 is 43.6 Å². The monoisotopic (exact) mass is 794 g/mol. The Hall–Kier alpha value is -8.62. The molecule has 0 fully saturated rings. The number of para-hydroxylation sites is 2. The van der Waals surface area contributed by atoms with Crippen LogP contribution in [0.3, 0.4) is 0 Å². The van der Waals surface area contributed by atoms with E-state index in [2.05, 4.69) is 94.1 Å². The number of nitrogens with zero attached hydrogens (tertiary/aromatic N) is 8. The highest BCUT2D eigenvalue weighted by molar-refractivity contribution is 6.26. The lowest BCUT2D eigenvalue weighted by molar-refractivity contribution is 0.955. The number of rotatable bonds is 7. The van der Waals surface area contributed by atoms with Crippen LogP contribution in [0.1, 0.15) is 0 Å². The van der Waals surface area contributed by atoms with Gasteiger partial charge in [0.1, 0.15) is 0 Å². The van der Waals surface area contributed by atoms with Gasteiger partial charge in [0.05, 0.1) is 22.1 Å². The van der Waals surface area contributed by atoms with E-state index >= 15 is 0 Å². The van der Waals surface area contributed by atoms with E-state index in [1.165, 1.54) is 0 Å². The molecule has 0 saturated carbocycles. The molecule has 0 amide bonds. The zero-order valence-electron chi connectivity index (χ0n) is 33.2. The molecule has 0 atom stereocenters. The summed E-state index contributed by atoms with van der Waals surface area (Å²) in [5.74, 6) is 3.65. The molecule has 12 rings (SSSR count). The third-order valence-corrected chi connectivity index (χ3v) is 11.4. The first kappa shape index (κ1) is 35.3. The number of hydrogen-bond donors (Lipinski definition) is 0. The third-order valence-electron chi connectivity index (χ3n) is 11.4. The first-order valence-electron chi connectivity index (χ1n) is 20.6. The molecule has 8 heteroatoms. The van der Waals surface area contributed by atoms with E-state index in [-0.39, 0.29) is 0 Å². The molecule has 0 saturated heterocycles. The van der Waals surface area contributed by atoms with E-state index in [0.717, 1.165) is 77.1 Å². The fourth-order valence-electron chi connectivity index (χ4n) is 8.59. The second kappa shape index (κ2) is 14.6. The summed E-state index contributed by atoms with van der Waals surface area (Å²) in [6, 6.07) is 70.5. The lowest BCUT2D eigenvalue weighted by atomic mass is 10.1. The summed E-state index contributed by atoms with van der Waals surface area (Å²) >= 11 is 0. The van der Waals surface area contributed by atoms with E-state index in [0.29, 0.717) is 35.1 Å². The van der Waals surface area contributed by atoms with Gasteiger partial charge in [0.2, 0.25) is 5.95 Å². The normalized spacial score (nSPS) is 11.5. The summed E-state index contributed by atoms with van der Waals surface area (Å²) in [6.07, 6.45) is 0. The van der Waals surface area contributed by atoms with Crippen molar-refractivity contribution in [3.8, 4) is 68.6 Å². The molecule has 12 aromatic rings. The van der Waals surface area contributed by atoms with Gasteiger partial charge in [-0.3, -0.25) is 4.57 Å². The summed E-state index contributed by atoms with van der Waals surface area (Å²) in [7, 11) is 0. The van der Waals surface area contributed by atoms with Crippen molar-refractivity contribution in [3.63, 3.8) is 0 Å². The highest BCUT2D eigenvalue weighted by atomic mass is 15.2. The van der Waals surface area contributed by atoms with Crippen LogP contribution in [0.4, 0.5) is 0 Å². The highest BCUT2D eigenvalue weighted by Gasteiger charge is 2.23. The predicted molar refractivity (Wildman–Crippen MR) is 249 cm³/mol. The Morgan fingerprint density at radius 3 is 1.13 bits per heavy atom. The Morgan fingerprint density at radius 2 is 0.645 bits per heavy atom. The topological polar surface area (TPSA) is 87.2 Å². The number of fused-ring (bicyclic) bond motifs is 7. The van der Waals surface area contributed by atoms with E-state index in [1.54, 1.807) is 0 Å². The van der Waals surface area contributed by atoms with E-state index in [9.17, 15) is 0 Å². The summed E-state index contributed by atoms with van der Waals surface area (Å²) in [5, 5.41) is 4.47.